The molecule has 1 aliphatic heterocycles. The van der Waals surface area contributed by atoms with E-state index in [0.29, 0.717) is 5.95 Å². The Balaban J connectivity index is 1.62. The minimum atomic E-state index is 0.146. The molecule has 0 spiro atoms. The predicted octanol–water partition coefficient (Wildman–Crippen LogP) is 2.83. The fourth-order valence-corrected chi connectivity index (χ4v) is 2.53. The Morgan fingerprint density at radius 2 is 2.00 bits per heavy atom. The number of nitrogens with zero attached hydrogens (tertiary/aromatic N) is 2. The smallest absolute Gasteiger partial charge is 0.227 e. The molecule has 1 aliphatic rings. The maximum absolute atomic E-state index is 5.75. The molecule has 1 fully saturated rings. The summed E-state index contributed by atoms with van der Waals surface area (Å²) in [5.74, 6) is 0.628. The highest BCUT2D eigenvalue weighted by molar-refractivity contribution is 5.53. The minimum Gasteiger partial charge on any atom is -0.371 e. The van der Waals surface area contributed by atoms with Gasteiger partial charge in [0.1, 0.15) is 0 Å². The number of nitrogens with one attached hydrogen (secondary N) is 2. The van der Waals surface area contributed by atoms with Crippen LogP contribution in [0.2, 0.25) is 0 Å². The normalized spacial score (nSPS) is 18.1. The van der Waals surface area contributed by atoms with Gasteiger partial charge in [0.25, 0.3) is 0 Å². The van der Waals surface area contributed by atoms with E-state index in [-0.39, 0.29) is 6.10 Å². The first-order chi connectivity index (χ1) is 10.8. The van der Waals surface area contributed by atoms with Crippen molar-refractivity contribution in [1.82, 2.24) is 15.3 Å². The summed E-state index contributed by atoms with van der Waals surface area (Å²) in [6.45, 7) is 4.72. The van der Waals surface area contributed by atoms with Crippen LogP contribution in [0, 0.1) is 0 Å². The van der Waals surface area contributed by atoms with Gasteiger partial charge in [-0.3, -0.25) is 0 Å². The zero-order valence-corrected chi connectivity index (χ0v) is 12.9. The molecule has 2 N–H and O–H groups in total. The molecule has 22 heavy (non-hydrogen) atoms. The van der Waals surface area contributed by atoms with Gasteiger partial charge < -0.3 is 15.4 Å². The van der Waals surface area contributed by atoms with Gasteiger partial charge in [-0.25, -0.2) is 9.97 Å². The van der Waals surface area contributed by atoms with Crippen molar-refractivity contribution in [2.75, 3.05) is 25.0 Å². The van der Waals surface area contributed by atoms with Gasteiger partial charge in [-0.05, 0) is 29.7 Å². The maximum atomic E-state index is 5.75. The van der Waals surface area contributed by atoms with Crippen LogP contribution in [0.25, 0.3) is 0 Å². The van der Waals surface area contributed by atoms with Gasteiger partial charge in [0.2, 0.25) is 5.95 Å². The molecular weight excluding hydrogens is 276 g/mol. The lowest BCUT2D eigenvalue weighted by atomic mass is 10.1. The van der Waals surface area contributed by atoms with Crippen molar-refractivity contribution in [1.29, 1.82) is 0 Å². The summed E-state index contributed by atoms with van der Waals surface area (Å²) in [6.07, 6.45) is 6.04. The number of ether oxygens (including phenoxy) is 1. The Bertz CT molecular complexity index is 577. The number of morpholine rings is 1. The summed E-state index contributed by atoms with van der Waals surface area (Å²) in [4.78, 5) is 8.70. The highest BCUT2D eigenvalue weighted by atomic mass is 16.5. The van der Waals surface area contributed by atoms with Crippen molar-refractivity contribution in [2.24, 2.45) is 0 Å². The van der Waals surface area contributed by atoms with Crippen LogP contribution in [-0.2, 0) is 11.2 Å². The van der Waals surface area contributed by atoms with Gasteiger partial charge in [0.15, 0.2) is 0 Å². The molecule has 0 radical (unpaired) electrons. The molecule has 1 saturated heterocycles. The third-order valence-electron chi connectivity index (χ3n) is 3.71. The third-order valence-corrected chi connectivity index (χ3v) is 3.71. The first-order valence-electron chi connectivity index (χ1n) is 7.85. The molecule has 0 aliphatic carbocycles. The lowest BCUT2D eigenvalue weighted by Crippen LogP contribution is -2.33. The second-order valence-corrected chi connectivity index (χ2v) is 5.48. The standard InChI is InChI=1S/C17H22N4O/c1-2-3-13-10-19-17(20-11-13)21-15-6-4-14(5-7-15)16-12-18-8-9-22-16/h4-7,10-11,16,18H,2-3,8-9,12H2,1H3,(H,19,20,21)/t16-/m0/s1. The number of benzene rings is 1. The first-order valence-corrected chi connectivity index (χ1v) is 7.85. The largest absolute Gasteiger partial charge is 0.371 e. The molecule has 2 heterocycles. The Labute approximate surface area is 131 Å². The van der Waals surface area contributed by atoms with E-state index in [1.165, 1.54) is 11.1 Å². The van der Waals surface area contributed by atoms with Crippen molar-refractivity contribution >= 4 is 11.6 Å². The number of anilines is 2. The van der Waals surface area contributed by atoms with Crippen LogP contribution in [0.4, 0.5) is 11.6 Å². The van der Waals surface area contributed by atoms with Gasteiger partial charge in [-0.1, -0.05) is 25.5 Å². The van der Waals surface area contributed by atoms with Crippen LogP contribution < -0.4 is 10.6 Å². The quantitative estimate of drug-likeness (QED) is 0.889. The van der Waals surface area contributed by atoms with Crippen LogP contribution in [0.5, 0.6) is 0 Å². The van der Waals surface area contributed by atoms with Crippen LogP contribution >= 0.6 is 0 Å². The number of aryl methyl sites for hydroxylation is 1. The molecule has 0 amide bonds. The second-order valence-electron chi connectivity index (χ2n) is 5.48. The SMILES string of the molecule is CCCc1cnc(Nc2ccc([C@@H]3CNCCO3)cc2)nc1. The van der Waals surface area contributed by atoms with Gasteiger partial charge in [0.05, 0.1) is 12.7 Å². The van der Waals surface area contributed by atoms with E-state index in [9.17, 15) is 0 Å². The molecule has 0 bridgehead atoms. The highest BCUT2D eigenvalue weighted by Crippen LogP contribution is 2.21. The molecule has 5 heteroatoms. The van der Waals surface area contributed by atoms with Crippen LogP contribution in [0.3, 0.4) is 0 Å². The average molecular weight is 298 g/mol. The van der Waals surface area contributed by atoms with E-state index in [1.54, 1.807) is 0 Å². The van der Waals surface area contributed by atoms with Gasteiger partial charge in [-0.2, -0.15) is 0 Å². The number of aromatic nitrogens is 2. The molecule has 5 nitrogen and oxygen atoms in total. The average Bonchev–Trinajstić information content (AvgIpc) is 2.58. The molecular formula is C17H22N4O. The van der Waals surface area contributed by atoms with E-state index in [2.05, 4.69) is 39.7 Å². The van der Waals surface area contributed by atoms with Crippen LogP contribution in [-0.4, -0.2) is 29.7 Å². The van der Waals surface area contributed by atoms with Gasteiger partial charge >= 0.3 is 0 Å². The summed E-state index contributed by atoms with van der Waals surface area (Å²) in [6, 6.07) is 8.25. The van der Waals surface area contributed by atoms with E-state index < -0.39 is 0 Å². The Kier molecular flexibility index (Phi) is 4.98. The monoisotopic (exact) mass is 298 g/mol. The molecule has 116 valence electrons. The van der Waals surface area contributed by atoms with E-state index in [4.69, 9.17) is 4.74 Å². The number of hydrogen-bond donors (Lipinski definition) is 2. The molecule has 0 saturated carbocycles. The Hall–Kier alpha value is -1.98. The Morgan fingerprint density at radius 3 is 2.64 bits per heavy atom. The van der Waals surface area contributed by atoms with E-state index in [1.807, 2.05) is 24.5 Å². The molecule has 3 rings (SSSR count). The molecule has 1 aromatic carbocycles. The van der Waals surface area contributed by atoms with Crippen molar-refractivity contribution in [2.45, 2.75) is 25.9 Å². The maximum Gasteiger partial charge on any atom is 0.227 e. The summed E-state index contributed by atoms with van der Waals surface area (Å²) >= 11 is 0. The third kappa shape index (κ3) is 3.81. The van der Waals surface area contributed by atoms with E-state index in [0.717, 1.165) is 38.2 Å². The summed E-state index contributed by atoms with van der Waals surface area (Å²) in [5.41, 5.74) is 3.35. The number of hydrogen-bond acceptors (Lipinski definition) is 5. The number of rotatable bonds is 5. The molecule has 1 aromatic heterocycles. The highest BCUT2D eigenvalue weighted by Gasteiger charge is 2.15. The van der Waals surface area contributed by atoms with Crippen LogP contribution in [0.1, 0.15) is 30.6 Å². The fourth-order valence-electron chi connectivity index (χ4n) is 2.53. The zero-order valence-electron chi connectivity index (χ0n) is 12.9. The van der Waals surface area contributed by atoms with Crippen molar-refractivity contribution in [3.05, 3.63) is 47.8 Å². The van der Waals surface area contributed by atoms with Crippen molar-refractivity contribution in [3.8, 4) is 0 Å². The minimum absolute atomic E-state index is 0.146. The Morgan fingerprint density at radius 1 is 1.23 bits per heavy atom. The molecule has 2 aromatic rings. The molecule has 0 unspecified atom stereocenters. The lowest BCUT2D eigenvalue weighted by molar-refractivity contribution is 0.0277. The summed E-state index contributed by atoms with van der Waals surface area (Å²) < 4.78 is 5.75. The summed E-state index contributed by atoms with van der Waals surface area (Å²) in [5, 5.41) is 6.57. The summed E-state index contributed by atoms with van der Waals surface area (Å²) in [7, 11) is 0. The predicted molar refractivity (Wildman–Crippen MR) is 87.3 cm³/mol. The van der Waals surface area contributed by atoms with Gasteiger partial charge in [-0.15, -0.1) is 0 Å². The fraction of sp³-hybridized carbons (Fsp3) is 0.412. The second kappa shape index (κ2) is 7.33. The van der Waals surface area contributed by atoms with Crippen LogP contribution in [0.15, 0.2) is 36.7 Å². The van der Waals surface area contributed by atoms with Crippen molar-refractivity contribution < 1.29 is 4.74 Å². The first kappa shape index (κ1) is 14.9. The van der Waals surface area contributed by atoms with Crippen molar-refractivity contribution in [3.63, 3.8) is 0 Å². The van der Waals surface area contributed by atoms with Gasteiger partial charge in [0, 0.05) is 31.2 Å². The lowest BCUT2D eigenvalue weighted by Gasteiger charge is -2.24. The zero-order chi connectivity index (χ0) is 15.2. The van der Waals surface area contributed by atoms with E-state index >= 15 is 0 Å². The molecule has 1 atom stereocenters. The topological polar surface area (TPSA) is 59.1 Å².